The van der Waals surface area contributed by atoms with Crippen LogP contribution in [-0.4, -0.2) is 11.0 Å². The fourth-order valence-corrected chi connectivity index (χ4v) is 3.30. The molecule has 1 aromatic heterocycles. The van der Waals surface area contributed by atoms with Crippen molar-refractivity contribution in [1.82, 2.24) is 10.4 Å². The largest absolute Gasteiger partial charge is 0.271 e. The molecule has 1 aromatic carbocycles. The molecular formula is C17H25N3S. The molecule has 3 nitrogen and oxygen atoms in total. The van der Waals surface area contributed by atoms with Gasteiger partial charge in [0.2, 0.25) is 0 Å². The van der Waals surface area contributed by atoms with Crippen molar-refractivity contribution in [3.8, 4) is 11.3 Å². The maximum atomic E-state index is 5.68. The second-order valence-electron chi connectivity index (χ2n) is 5.41. The molecule has 4 heteroatoms. The topological polar surface area (TPSA) is 50.9 Å². The van der Waals surface area contributed by atoms with E-state index in [1.54, 1.807) is 11.3 Å². The number of unbranched alkanes of at least 4 members (excludes halogenated alkanes) is 3. The molecular weight excluding hydrogens is 278 g/mol. The summed E-state index contributed by atoms with van der Waals surface area (Å²) in [6, 6.07) is 10.7. The van der Waals surface area contributed by atoms with E-state index in [9.17, 15) is 0 Å². The van der Waals surface area contributed by atoms with Gasteiger partial charge in [-0.3, -0.25) is 11.3 Å². The summed E-state index contributed by atoms with van der Waals surface area (Å²) < 4.78 is 0. The molecule has 2 rings (SSSR count). The normalized spacial score (nSPS) is 12.5. The van der Waals surface area contributed by atoms with Gasteiger partial charge >= 0.3 is 0 Å². The molecule has 1 atom stereocenters. The molecule has 1 unspecified atom stereocenters. The predicted octanol–water partition coefficient (Wildman–Crippen LogP) is 4.15. The van der Waals surface area contributed by atoms with Gasteiger partial charge in [-0.1, -0.05) is 62.9 Å². The van der Waals surface area contributed by atoms with Crippen LogP contribution in [0.1, 0.15) is 44.0 Å². The predicted molar refractivity (Wildman–Crippen MR) is 91.1 cm³/mol. The summed E-state index contributed by atoms with van der Waals surface area (Å²) in [6.45, 7) is 2.24. The van der Waals surface area contributed by atoms with E-state index >= 15 is 0 Å². The standard InChI is InChI=1S/C17H25N3S/c1-2-3-4-8-11-15(20-18)12-17-19-16(13-21-17)14-9-6-5-7-10-14/h5-7,9-10,13,15,20H,2-4,8,11-12,18H2,1H3. The Bertz CT molecular complexity index is 510. The Morgan fingerprint density at radius 1 is 1.19 bits per heavy atom. The number of nitrogens with zero attached hydrogens (tertiary/aromatic N) is 1. The van der Waals surface area contributed by atoms with E-state index in [0.29, 0.717) is 6.04 Å². The number of hydrogen-bond acceptors (Lipinski definition) is 4. The van der Waals surface area contributed by atoms with Crippen LogP contribution < -0.4 is 11.3 Å². The molecule has 0 spiro atoms. The van der Waals surface area contributed by atoms with Crippen molar-refractivity contribution in [1.29, 1.82) is 0 Å². The van der Waals surface area contributed by atoms with Crippen molar-refractivity contribution in [2.24, 2.45) is 5.84 Å². The Labute approximate surface area is 131 Å². The maximum absolute atomic E-state index is 5.68. The minimum atomic E-state index is 0.330. The number of nitrogens with two attached hydrogens (primary N) is 1. The third-order valence-corrected chi connectivity index (χ3v) is 4.56. The van der Waals surface area contributed by atoms with E-state index in [4.69, 9.17) is 10.8 Å². The number of aromatic nitrogens is 1. The molecule has 3 N–H and O–H groups in total. The average Bonchev–Trinajstić information content (AvgIpc) is 3.00. The van der Waals surface area contributed by atoms with Crippen molar-refractivity contribution >= 4 is 11.3 Å². The first-order chi connectivity index (χ1) is 10.3. The molecule has 114 valence electrons. The summed E-state index contributed by atoms with van der Waals surface area (Å²) in [7, 11) is 0. The molecule has 0 aliphatic rings. The monoisotopic (exact) mass is 303 g/mol. The summed E-state index contributed by atoms with van der Waals surface area (Å²) in [4.78, 5) is 4.74. The Morgan fingerprint density at radius 3 is 2.71 bits per heavy atom. The lowest BCUT2D eigenvalue weighted by molar-refractivity contribution is 0.462. The van der Waals surface area contributed by atoms with Gasteiger partial charge in [-0.25, -0.2) is 4.98 Å². The first-order valence-electron chi connectivity index (χ1n) is 7.79. The lowest BCUT2D eigenvalue weighted by Gasteiger charge is -2.13. The molecule has 0 saturated heterocycles. The van der Waals surface area contributed by atoms with Crippen LogP contribution in [0.25, 0.3) is 11.3 Å². The van der Waals surface area contributed by atoms with E-state index in [0.717, 1.165) is 23.5 Å². The minimum absolute atomic E-state index is 0.330. The van der Waals surface area contributed by atoms with Gasteiger partial charge in [0.05, 0.1) is 10.7 Å². The SMILES string of the molecule is CCCCCCC(Cc1nc(-c2ccccc2)cs1)NN. The fourth-order valence-electron chi connectivity index (χ4n) is 2.42. The third-order valence-electron chi connectivity index (χ3n) is 3.68. The van der Waals surface area contributed by atoms with Crippen LogP contribution in [0.5, 0.6) is 0 Å². The number of hydrogen-bond donors (Lipinski definition) is 2. The highest BCUT2D eigenvalue weighted by Gasteiger charge is 2.11. The van der Waals surface area contributed by atoms with Crippen LogP contribution in [0.3, 0.4) is 0 Å². The molecule has 0 aliphatic carbocycles. The van der Waals surface area contributed by atoms with Crippen LogP contribution in [0.2, 0.25) is 0 Å². The van der Waals surface area contributed by atoms with Crippen molar-refractivity contribution < 1.29 is 0 Å². The quantitative estimate of drug-likeness (QED) is 0.415. The second kappa shape index (κ2) is 8.93. The summed E-state index contributed by atoms with van der Waals surface area (Å²) in [6.07, 6.45) is 7.15. The highest BCUT2D eigenvalue weighted by molar-refractivity contribution is 7.09. The number of benzene rings is 1. The minimum Gasteiger partial charge on any atom is -0.271 e. The van der Waals surface area contributed by atoms with Gasteiger partial charge in [0.15, 0.2) is 0 Å². The number of thiazole rings is 1. The molecule has 0 aliphatic heterocycles. The Hall–Kier alpha value is -1.23. The van der Waals surface area contributed by atoms with Gasteiger partial charge in [0.25, 0.3) is 0 Å². The molecule has 2 aromatic rings. The average molecular weight is 303 g/mol. The highest BCUT2D eigenvalue weighted by atomic mass is 32.1. The van der Waals surface area contributed by atoms with Crippen LogP contribution in [0, 0.1) is 0 Å². The van der Waals surface area contributed by atoms with Crippen molar-refractivity contribution in [3.63, 3.8) is 0 Å². The second-order valence-corrected chi connectivity index (χ2v) is 6.35. The number of nitrogens with one attached hydrogen (secondary N) is 1. The molecule has 1 heterocycles. The zero-order valence-corrected chi connectivity index (χ0v) is 13.5. The maximum Gasteiger partial charge on any atom is 0.0948 e. The summed E-state index contributed by atoms with van der Waals surface area (Å²) in [5.41, 5.74) is 5.19. The zero-order chi connectivity index (χ0) is 14.9. The summed E-state index contributed by atoms with van der Waals surface area (Å²) >= 11 is 1.73. The van der Waals surface area contributed by atoms with Crippen LogP contribution in [0.15, 0.2) is 35.7 Å². The molecule has 0 fully saturated rings. The molecule has 0 amide bonds. The van der Waals surface area contributed by atoms with E-state index < -0.39 is 0 Å². The molecule has 0 bridgehead atoms. The van der Waals surface area contributed by atoms with E-state index in [2.05, 4.69) is 29.9 Å². The van der Waals surface area contributed by atoms with Gasteiger partial charge in [-0.2, -0.15) is 0 Å². The Morgan fingerprint density at radius 2 is 2.00 bits per heavy atom. The van der Waals surface area contributed by atoms with E-state index in [1.165, 1.54) is 31.2 Å². The molecule has 21 heavy (non-hydrogen) atoms. The van der Waals surface area contributed by atoms with Gasteiger partial charge < -0.3 is 0 Å². The Kier molecular flexibility index (Phi) is 6.86. The van der Waals surface area contributed by atoms with Gasteiger partial charge in [0.1, 0.15) is 0 Å². The first kappa shape index (κ1) is 16.1. The highest BCUT2D eigenvalue weighted by Crippen LogP contribution is 2.22. The van der Waals surface area contributed by atoms with Crippen molar-refractivity contribution in [3.05, 3.63) is 40.7 Å². The van der Waals surface area contributed by atoms with Crippen LogP contribution >= 0.6 is 11.3 Å². The molecule has 0 radical (unpaired) electrons. The molecule has 0 saturated carbocycles. The Balaban J connectivity index is 1.88. The smallest absolute Gasteiger partial charge is 0.0948 e. The number of hydrazine groups is 1. The lowest BCUT2D eigenvalue weighted by Crippen LogP contribution is -2.36. The van der Waals surface area contributed by atoms with Gasteiger partial charge in [0, 0.05) is 23.4 Å². The zero-order valence-electron chi connectivity index (χ0n) is 12.7. The van der Waals surface area contributed by atoms with Crippen LogP contribution in [0.4, 0.5) is 0 Å². The van der Waals surface area contributed by atoms with E-state index in [1.807, 2.05) is 18.2 Å². The summed E-state index contributed by atoms with van der Waals surface area (Å²) in [5.74, 6) is 5.68. The van der Waals surface area contributed by atoms with Crippen molar-refractivity contribution in [2.45, 2.75) is 51.5 Å². The van der Waals surface area contributed by atoms with E-state index in [-0.39, 0.29) is 0 Å². The summed E-state index contributed by atoms with van der Waals surface area (Å²) in [5, 5.41) is 3.29. The van der Waals surface area contributed by atoms with Crippen LogP contribution in [-0.2, 0) is 6.42 Å². The van der Waals surface area contributed by atoms with Gasteiger partial charge in [-0.05, 0) is 6.42 Å². The lowest BCUT2D eigenvalue weighted by atomic mass is 10.1. The third kappa shape index (κ3) is 5.23. The first-order valence-corrected chi connectivity index (χ1v) is 8.67. The van der Waals surface area contributed by atoms with Gasteiger partial charge in [-0.15, -0.1) is 11.3 Å². The fraction of sp³-hybridized carbons (Fsp3) is 0.471. The number of rotatable bonds is 9. The van der Waals surface area contributed by atoms with Crippen molar-refractivity contribution in [2.75, 3.05) is 0 Å².